The van der Waals surface area contributed by atoms with Gasteiger partial charge < -0.3 is 5.11 Å². The average molecular weight is 287 g/mol. The minimum Gasteiger partial charge on any atom is -0.392 e. The maximum absolute atomic E-state index is 10.4. The zero-order valence-electron chi connectivity index (χ0n) is 11.7. The molecule has 1 heterocycles. The number of hydrogen-bond acceptors (Lipinski definition) is 3. The summed E-state index contributed by atoms with van der Waals surface area (Å²) < 4.78 is 0. The standard InChI is InChI=1S/C17H21NOS/c19-16(14-9-5-2-6-10-14)11-17-18-15(12-20-17)13-7-3-1-4-8-13/h1,3-4,7-8,12,14,16,19H,2,5-6,9-11H2. The van der Waals surface area contributed by atoms with Crippen LogP contribution in [0.25, 0.3) is 11.3 Å². The summed E-state index contributed by atoms with van der Waals surface area (Å²) in [5.41, 5.74) is 2.18. The Kier molecular flexibility index (Phi) is 4.48. The van der Waals surface area contributed by atoms with E-state index in [0.29, 0.717) is 12.3 Å². The predicted octanol–water partition coefficient (Wildman–Crippen LogP) is 4.29. The summed E-state index contributed by atoms with van der Waals surface area (Å²) in [6.07, 6.45) is 6.73. The molecule has 0 bridgehead atoms. The molecule has 3 heteroatoms. The number of nitrogens with zero attached hydrogens (tertiary/aromatic N) is 1. The smallest absolute Gasteiger partial charge is 0.0958 e. The Balaban J connectivity index is 1.65. The van der Waals surface area contributed by atoms with Gasteiger partial charge in [-0.05, 0) is 18.8 Å². The summed E-state index contributed by atoms with van der Waals surface area (Å²) in [6.45, 7) is 0. The number of thiazole rings is 1. The molecule has 2 aromatic rings. The third kappa shape index (κ3) is 3.28. The topological polar surface area (TPSA) is 33.1 Å². The molecule has 0 radical (unpaired) electrons. The van der Waals surface area contributed by atoms with Gasteiger partial charge in [0, 0.05) is 17.4 Å². The van der Waals surface area contributed by atoms with E-state index in [2.05, 4.69) is 22.5 Å². The van der Waals surface area contributed by atoms with Crippen LogP contribution in [-0.2, 0) is 6.42 Å². The van der Waals surface area contributed by atoms with Gasteiger partial charge in [0.1, 0.15) is 0 Å². The van der Waals surface area contributed by atoms with Gasteiger partial charge in [-0.15, -0.1) is 11.3 Å². The van der Waals surface area contributed by atoms with E-state index in [4.69, 9.17) is 0 Å². The van der Waals surface area contributed by atoms with Crippen molar-refractivity contribution < 1.29 is 5.11 Å². The van der Waals surface area contributed by atoms with Gasteiger partial charge in [-0.25, -0.2) is 4.98 Å². The molecule has 0 amide bonds. The van der Waals surface area contributed by atoms with Crippen LogP contribution in [0.5, 0.6) is 0 Å². The van der Waals surface area contributed by atoms with Gasteiger partial charge in [0.25, 0.3) is 0 Å². The second-order valence-corrected chi connectivity index (χ2v) is 6.60. The molecule has 1 atom stereocenters. The first kappa shape index (κ1) is 13.8. The van der Waals surface area contributed by atoms with Crippen molar-refractivity contribution in [3.63, 3.8) is 0 Å². The molecule has 1 aliphatic carbocycles. The molecule has 1 N–H and O–H groups in total. The SMILES string of the molecule is OC(Cc1nc(-c2ccccc2)cs1)C1CCCCC1. The Labute approximate surface area is 124 Å². The van der Waals surface area contributed by atoms with Crippen molar-refractivity contribution in [2.75, 3.05) is 0 Å². The molecule has 0 spiro atoms. The molecule has 0 saturated heterocycles. The molecule has 1 saturated carbocycles. The maximum atomic E-state index is 10.4. The van der Waals surface area contributed by atoms with E-state index < -0.39 is 0 Å². The number of benzene rings is 1. The van der Waals surface area contributed by atoms with Crippen LogP contribution in [0, 0.1) is 5.92 Å². The molecule has 1 aromatic carbocycles. The first-order chi connectivity index (χ1) is 9.83. The van der Waals surface area contributed by atoms with E-state index in [1.165, 1.54) is 32.1 Å². The minimum absolute atomic E-state index is 0.218. The highest BCUT2D eigenvalue weighted by molar-refractivity contribution is 7.09. The van der Waals surface area contributed by atoms with E-state index in [9.17, 15) is 5.11 Å². The van der Waals surface area contributed by atoms with Gasteiger partial charge in [-0.2, -0.15) is 0 Å². The monoisotopic (exact) mass is 287 g/mol. The van der Waals surface area contributed by atoms with Crippen molar-refractivity contribution >= 4 is 11.3 Å². The van der Waals surface area contributed by atoms with Gasteiger partial charge in [0.15, 0.2) is 0 Å². The summed E-state index contributed by atoms with van der Waals surface area (Å²) >= 11 is 1.67. The molecule has 1 fully saturated rings. The molecule has 20 heavy (non-hydrogen) atoms. The fraction of sp³-hybridized carbons (Fsp3) is 0.471. The first-order valence-corrected chi connectivity index (χ1v) is 8.39. The Morgan fingerprint density at radius 3 is 2.65 bits per heavy atom. The summed E-state index contributed by atoms with van der Waals surface area (Å²) in [5, 5.41) is 13.5. The largest absolute Gasteiger partial charge is 0.392 e. The highest BCUT2D eigenvalue weighted by Gasteiger charge is 2.22. The van der Waals surface area contributed by atoms with Crippen molar-refractivity contribution in [1.29, 1.82) is 0 Å². The van der Waals surface area contributed by atoms with Crippen LogP contribution < -0.4 is 0 Å². The lowest BCUT2D eigenvalue weighted by atomic mass is 9.84. The molecule has 1 unspecified atom stereocenters. The number of rotatable bonds is 4. The normalized spacial score (nSPS) is 18.1. The molecular weight excluding hydrogens is 266 g/mol. The van der Waals surface area contributed by atoms with Crippen molar-refractivity contribution in [3.05, 3.63) is 40.7 Å². The van der Waals surface area contributed by atoms with Crippen LogP contribution in [0.2, 0.25) is 0 Å². The van der Waals surface area contributed by atoms with Gasteiger partial charge >= 0.3 is 0 Å². The van der Waals surface area contributed by atoms with Crippen LogP contribution in [0.3, 0.4) is 0 Å². The Hall–Kier alpha value is -1.19. The van der Waals surface area contributed by atoms with Gasteiger partial charge in [0.2, 0.25) is 0 Å². The molecule has 1 aromatic heterocycles. The minimum atomic E-state index is -0.218. The van der Waals surface area contributed by atoms with Gasteiger partial charge in [-0.1, -0.05) is 49.6 Å². The molecule has 3 rings (SSSR count). The van der Waals surface area contributed by atoms with Crippen molar-refractivity contribution in [1.82, 2.24) is 4.98 Å². The lowest BCUT2D eigenvalue weighted by Crippen LogP contribution is -2.24. The number of aromatic nitrogens is 1. The molecule has 106 valence electrons. The Morgan fingerprint density at radius 2 is 1.90 bits per heavy atom. The predicted molar refractivity (Wildman–Crippen MR) is 83.8 cm³/mol. The fourth-order valence-electron chi connectivity index (χ4n) is 3.01. The van der Waals surface area contributed by atoms with Crippen LogP contribution in [0.1, 0.15) is 37.1 Å². The number of aliphatic hydroxyl groups excluding tert-OH is 1. The zero-order valence-corrected chi connectivity index (χ0v) is 12.5. The Bertz CT molecular complexity index is 531. The van der Waals surface area contributed by atoms with E-state index in [0.717, 1.165) is 16.3 Å². The lowest BCUT2D eigenvalue weighted by Gasteiger charge is -2.25. The quantitative estimate of drug-likeness (QED) is 0.909. The Morgan fingerprint density at radius 1 is 1.15 bits per heavy atom. The summed E-state index contributed by atoms with van der Waals surface area (Å²) in [5.74, 6) is 0.479. The molecule has 1 aliphatic rings. The van der Waals surface area contributed by atoms with E-state index >= 15 is 0 Å². The summed E-state index contributed by atoms with van der Waals surface area (Å²) in [4.78, 5) is 4.67. The number of hydrogen-bond donors (Lipinski definition) is 1. The number of aliphatic hydroxyl groups is 1. The average Bonchev–Trinajstić information content (AvgIpc) is 2.97. The van der Waals surface area contributed by atoms with Crippen LogP contribution >= 0.6 is 11.3 Å². The lowest BCUT2D eigenvalue weighted by molar-refractivity contribution is 0.0850. The molecular formula is C17H21NOS. The summed E-state index contributed by atoms with van der Waals surface area (Å²) in [6, 6.07) is 10.2. The van der Waals surface area contributed by atoms with Crippen LogP contribution in [0.4, 0.5) is 0 Å². The second kappa shape index (κ2) is 6.51. The highest BCUT2D eigenvalue weighted by Crippen LogP contribution is 2.29. The van der Waals surface area contributed by atoms with E-state index in [-0.39, 0.29) is 6.10 Å². The maximum Gasteiger partial charge on any atom is 0.0958 e. The van der Waals surface area contributed by atoms with Crippen LogP contribution in [0.15, 0.2) is 35.7 Å². The van der Waals surface area contributed by atoms with Crippen molar-refractivity contribution in [2.45, 2.75) is 44.6 Å². The summed E-state index contributed by atoms with van der Waals surface area (Å²) in [7, 11) is 0. The van der Waals surface area contributed by atoms with Crippen molar-refractivity contribution in [3.8, 4) is 11.3 Å². The van der Waals surface area contributed by atoms with E-state index in [1.807, 2.05) is 18.2 Å². The first-order valence-electron chi connectivity index (χ1n) is 7.51. The van der Waals surface area contributed by atoms with Crippen LogP contribution in [-0.4, -0.2) is 16.2 Å². The molecule has 2 nitrogen and oxygen atoms in total. The third-order valence-corrected chi connectivity index (χ3v) is 5.07. The van der Waals surface area contributed by atoms with Crippen molar-refractivity contribution in [2.24, 2.45) is 5.92 Å². The van der Waals surface area contributed by atoms with E-state index in [1.54, 1.807) is 11.3 Å². The van der Waals surface area contributed by atoms with Gasteiger partial charge in [0.05, 0.1) is 16.8 Å². The second-order valence-electron chi connectivity index (χ2n) is 5.66. The van der Waals surface area contributed by atoms with Gasteiger partial charge in [-0.3, -0.25) is 0 Å². The fourth-order valence-corrected chi connectivity index (χ4v) is 3.87. The molecule has 0 aliphatic heterocycles. The highest BCUT2D eigenvalue weighted by atomic mass is 32.1. The zero-order chi connectivity index (χ0) is 13.8. The third-order valence-electron chi connectivity index (χ3n) is 4.20.